The molecule has 0 atom stereocenters. The normalized spacial score (nSPS) is 15.2. The maximum atomic E-state index is 12.9. The number of piperidine rings is 1. The van der Waals surface area contributed by atoms with Crippen molar-refractivity contribution in [2.45, 2.75) is 26.7 Å². The molecule has 6 heteroatoms. The molecule has 1 N–H and O–H groups in total. The molecule has 1 aliphatic rings. The van der Waals surface area contributed by atoms with Crippen LogP contribution < -0.4 is 10.9 Å². The van der Waals surface area contributed by atoms with Crippen molar-refractivity contribution in [3.63, 3.8) is 0 Å². The first-order valence-electron chi connectivity index (χ1n) is 8.64. The number of carbonyl (C=O) groups is 1. The van der Waals surface area contributed by atoms with E-state index in [9.17, 15) is 9.59 Å². The van der Waals surface area contributed by atoms with Gasteiger partial charge in [-0.15, -0.1) is 12.4 Å². The van der Waals surface area contributed by atoms with Gasteiger partial charge in [0.05, 0.1) is 0 Å². The van der Waals surface area contributed by atoms with Crippen LogP contribution in [0.15, 0.2) is 33.5 Å². The lowest BCUT2D eigenvalue weighted by molar-refractivity contribution is 0.0685. The highest BCUT2D eigenvalue weighted by molar-refractivity contribution is 5.99. The zero-order chi connectivity index (χ0) is 17.1. The SMILES string of the molecule is CCNCC1CCN(C(=O)c2c(C)c3ccccc3oc2=O)CC1.Cl. The predicted molar refractivity (Wildman–Crippen MR) is 102 cm³/mol. The number of halogens is 1. The van der Waals surface area contributed by atoms with Gasteiger partial charge in [0.2, 0.25) is 0 Å². The van der Waals surface area contributed by atoms with Crippen molar-refractivity contribution in [2.24, 2.45) is 5.92 Å². The fourth-order valence-corrected chi connectivity index (χ4v) is 3.40. The molecule has 3 rings (SSSR count). The number of nitrogens with zero attached hydrogens (tertiary/aromatic N) is 1. The van der Waals surface area contributed by atoms with Gasteiger partial charge in [-0.25, -0.2) is 4.79 Å². The highest BCUT2D eigenvalue weighted by Gasteiger charge is 2.27. The number of nitrogens with one attached hydrogen (secondary N) is 1. The Morgan fingerprint density at radius 3 is 2.64 bits per heavy atom. The van der Waals surface area contributed by atoms with Crippen LogP contribution in [0.2, 0.25) is 0 Å². The molecular weight excluding hydrogens is 340 g/mol. The Kier molecular flexibility index (Phi) is 6.62. The number of benzene rings is 1. The topological polar surface area (TPSA) is 62.6 Å². The van der Waals surface area contributed by atoms with Gasteiger partial charge >= 0.3 is 5.63 Å². The summed E-state index contributed by atoms with van der Waals surface area (Å²) in [5.41, 5.74) is 0.882. The predicted octanol–water partition coefficient (Wildman–Crippen LogP) is 2.98. The van der Waals surface area contributed by atoms with Crippen molar-refractivity contribution < 1.29 is 9.21 Å². The monoisotopic (exact) mass is 364 g/mol. The van der Waals surface area contributed by atoms with E-state index in [1.54, 1.807) is 11.0 Å². The second-order valence-corrected chi connectivity index (χ2v) is 6.43. The Hall–Kier alpha value is -1.85. The average Bonchev–Trinajstić information content (AvgIpc) is 2.60. The molecular formula is C19H25ClN2O3. The summed E-state index contributed by atoms with van der Waals surface area (Å²) < 4.78 is 5.35. The van der Waals surface area contributed by atoms with Crippen LogP contribution in [0.5, 0.6) is 0 Å². The molecule has 1 aliphatic heterocycles. The van der Waals surface area contributed by atoms with E-state index in [4.69, 9.17) is 4.42 Å². The Labute approximate surface area is 153 Å². The van der Waals surface area contributed by atoms with Crippen molar-refractivity contribution in [3.8, 4) is 0 Å². The van der Waals surface area contributed by atoms with Gasteiger partial charge < -0.3 is 14.6 Å². The summed E-state index contributed by atoms with van der Waals surface area (Å²) in [6.45, 7) is 7.28. The van der Waals surface area contributed by atoms with Gasteiger partial charge in [0, 0.05) is 18.5 Å². The summed E-state index contributed by atoms with van der Waals surface area (Å²) >= 11 is 0. The molecule has 2 heterocycles. The number of amides is 1. The summed E-state index contributed by atoms with van der Waals surface area (Å²) in [6.07, 6.45) is 1.94. The second kappa shape index (κ2) is 8.50. The van der Waals surface area contributed by atoms with Crippen LogP contribution in [-0.4, -0.2) is 37.0 Å². The lowest BCUT2D eigenvalue weighted by Crippen LogP contribution is -2.42. The number of fused-ring (bicyclic) bond motifs is 1. The van der Waals surface area contributed by atoms with E-state index in [1.807, 2.05) is 25.1 Å². The molecule has 25 heavy (non-hydrogen) atoms. The van der Waals surface area contributed by atoms with Gasteiger partial charge in [-0.3, -0.25) is 4.79 Å². The van der Waals surface area contributed by atoms with E-state index >= 15 is 0 Å². The van der Waals surface area contributed by atoms with Crippen LogP contribution in [0, 0.1) is 12.8 Å². The third-order valence-corrected chi connectivity index (χ3v) is 4.87. The summed E-state index contributed by atoms with van der Waals surface area (Å²) in [6, 6.07) is 7.34. The Bertz CT molecular complexity index is 795. The minimum atomic E-state index is -0.536. The van der Waals surface area contributed by atoms with Gasteiger partial charge in [0.1, 0.15) is 11.1 Å². The van der Waals surface area contributed by atoms with Gasteiger partial charge in [0.25, 0.3) is 5.91 Å². The van der Waals surface area contributed by atoms with Crippen LogP contribution in [0.1, 0.15) is 35.7 Å². The molecule has 0 saturated carbocycles. The largest absolute Gasteiger partial charge is 0.422 e. The summed E-state index contributed by atoms with van der Waals surface area (Å²) in [5, 5.41) is 4.19. The zero-order valence-electron chi connectivity index (χ0n) is 14.7. The molecule has 0 radical (unpaired) electrons. The van der Waals surface area contributed by atoms with Gasteiger partial charge in [-0.05, 0) is 50.4 Å². The summed E-state index contributed by atoms with van der Waals surface area (Å²) in [5.74, 6) is 0.400. The first kappa shape index (κ1) is 19.5. The molecule has 0 aliphatic carbocycles. The van der Waals surface area contributed by atoms with Crippen LogP contribution >= 0.6 is 12.4 Å². The highest BCUT2D eigenvalue weighted by Crippen LogP contribution is 2.22. The fraction of sp³-hybridized carbons (Fsp3) is 0.474. The van der Waals surface area contributed by atoms with Crippen LogP contribution in [0.4, 0.5) is 0 Å². The van der Waals surface area contributed by atoms with Crippen molar-refractivity contribution in [2.75, 3.05) is 26.2 Å². The average molecular weight is 365 g/mol. The smallest absolute Gasteiger partial charge is 0.349 e. The molecule has 0 bridgehead atoms. The molecule has 136 valence electrons. The Morgan fingerprint density at radius 1 is 1.28 bits per heavy atom. The van der Waals surface area contributed by atoms with Crippen LogP contribution in [-0.2, 0) is 0 Å². The van der Waals surface area contributed by atoms with Crippen molar-refractivity contribution in [3.05, 3.63) is 45.8 Å². The number of hydrogen-bond donors (Lipinski definition) is 1. The van der Waals surface area contributed by atoms with Gasteiger partial charge in [-0.1, -0.05) is 25.1 Å². The molecule has 1 aromatic heterocycles. The molecule has 2 aromatic rings. The van der Waals surface area contributed by atoms with Crippen LogP contribution in [0.25, 0.3) is 11.0 Å². The number of hydrogen-bond acceptors (Lipinski definition) is 4. The highest BCUT2D eigenvalue weighted by atomic mass is 35.5. The van der Waals surface area contributed by atoms with E-state index in [0.29, 0.717) is 30.2 Å². The summed E-state index contributed by atoms with van der Waals surface area (Å²) in [7, 11) is 0. The van der Waals surface area contributed by atoms with E-state index in [2.05, 4.69) is 12.2 Å². The van der Waals surface area contributed by atoms with Crippen LogP contribution in [0.3, 0.4) is 0 Å². The minimum Gasteiger partial charge on any atom is -0.422 e. The van der Waals surface area contributed by atoms with Crippen molar-refractivity contribution >= 4 is 29.3 Å². The number of carbonyl (C=O) groups excluding carboxylic acids is 1. The van der Waals surface area contributed by atoms with E-state index < -0.39 is 5.63 Å². The quantitative estimate of drug-likeness (QED) is 0.847. The van der Waals surface area contributed by atoms with Crippen molar-refractivity contribution in [1.29, 1.82) is 0 Å². The number of aryl methyl sites for hydroxylation is 1. The lowest BCUT2D eigenvalue weighted by Gasteiger charge is -2.32. The second-order valence-electron chi connectivity index (χ2n) is 6.43. The zero-order valence-corrected chi connectivity index (χ0v) is 15.5. The molecule has 1 aromatic carbocycles. The Balaban J connectivity index is 0.00000225. The van der Waals surface area contributed by atoms with E-state index in [0.717, 1.165) is 31.3 Å². The first-order valence-corrected chi connectivity index (χ1v) is 8.64. The fourth-order valence-electron chi connectivity index (χ4n) is 3.40. The van der Waals surface area contributed by atoms with Gasteiger partial charge in [-0.2, -0.15) is 0 Å². The Morgan fingerprint density at radius 2 is 1.96 bits per heavy atom. The third kappa shape index (κ3) is 4.05. The van der Waals surface area contributed by atoms with Crippen molar-refractivity contribution in [1.82, 2.24) is 10.2 Å². The van der Waals surface area contributed by atoms with E-state index in [-0.39, 0.29) is 23.9 Å². The maximum absolute atomic E-state index is 12.9. The standard InChI is InChI=1S/C19H24N2O3.ClH/c1-3-20-12-14-8-10-21(11-9-14)18(22)17-13(2)15-6-4-5-7-16(15)24-19(17)23;/h4-7,14,20H,3,8-12H2,1-2H3;1H. The number of para-hydroxylation sites is 1. The molecule has 1 saturated heterocycles. The third-order valence-electron chi connectivity index (χ3n) is 4.87. The molecule has 0 unspecified atom stereocenters. The van der Waals surface area contributed by atoms with Gasteiger partial charge in [0.15, 0.2) is 0 Å². The number of likely N-dealkylation sites (tertiary alicyclic amines) is 1. The first-order chi connectivity index (χ1) is 11.6. The molecule has 0 spiro atoms. The lowest BCUT2D eigenvalue weighted by atomic mass is 9.95. The maximum Gasteiger partial charge on any atom is 0.349 e. The molecule has 5 nitrogen and oxygen atoms in total. The molecule has 1 fully saturated rings. The number of rotatable bonds is 4. The van der Waals surface area contributed by atoms with E-state index in [1.165, 1.54) is 0 Å². The molecule has 1 amide bonds. The minimum absolute atomic E-state index is 0. The summed E-state index contributed by atoms with van der Waals surface area (Å²) in [4.78, 5) is 27.0.